The van der Waals surface area contributed by atoms with Crippen molar-refractivity contribution >= 4 is 11.5 Å². The maximum atomic E-state index is 5.33. The van der Waals surface area contributed by atoms with Gasteiger partial charge in [0.2, 0.25) is 0 Å². The zero-order valence-electron chi connectivity index (χ0n) is 10.3. The van der Waals surface area contributed by atoms with E-state index in [-0.39, 0.29) is 0 Å². The molecule has 2 rings (SSSR count). The summed E-state index contributed by atoms with van der Waals surface area (Å²) in [6, 6.07) is 3.89. The van der Waals surface area contributed by atoms with Crippen LogP contribution in [0.2, 0.25) is 0 Å². The highest BCUT2D eigenvalue weighted by Crippen LogP contribution is 2.17. The van der Waals surface area contributed by atoms with Crippen molar-refractivity contribution in [1.29, 1.82) is 0 Å². The van der Waals surface area contributed by atoms with E-state index in [1.165, 1.54) is 19.5 Å². The topological polar surface area (TPSA) is 66.2 Å². The number of aromatic nitrogens is 1. The van der Waals surface area contributed by atoms with E-state index in [4.69, 9.17) is 5.84 Å². The molecule has 1 aromatic rings. The van der Waals surface area contributed by atoms with E-state index in [9.17, 15) is 0 Å². The van der Waals surface area contributed by atoms with Crippen molar-refractivity contribution in [1.82, 2.24) is 9.88 Å². The predicted molar refractivity (Wildman–Crippen MR) is 70.8 cm³/mol. The molecule has 17 heavy (non-hydrogen) atoms. The van der Waals surface area contributed by atoms with Crippen molar-refractivity contribution in [3.8, 4) is 0 Å². The molecule has 1 unspecified atom stereocenters. The average Bonchev–Trinajstić information content (AvgIpc) is 2.84. The monoisotopic (exact) mass is 235 g/mol. The molecule has 1 fully saturated rings. The minimum absolute atomic E-state index is 0.691. The summed E-state index contributed by atoms with van der Waals surface area (Å²) in [4.78, 5) is 6.57. The van der Waals surface area contributed by atoms with E-state index in [0.29, 0.717) is 5.82 Å². The molecule has 1 atom stereocenters. The van der Waals surface area contributed by atoms with Gasteiger partial charge in [0.15, 0.2) is 0 Å². The molecular weight excluding hydrogens is 214 g/mol. The Labute approximate surface area is 102 Å². The number of nitrogens with two attached hydrogens (primary N) is 1. The van der Waals surface area contributed by atoms with Gasteiger partial charge in [0.05, 0.1) is 0 Å². The highest BCUT2D eigenvalue weighted by Gasteiger charge is 2.20. The minimum Gasteiger partial charge on any atom is -0.385 e. The van der Waals surface area contributed by atoms with Gasteiger partial charge in [0.25, 0.3) is 0 Å². The number of hydrogen-bond donors (Lipinski definition) is 3. The van der Waals surface area contributed by atoms with Crippen molar-refractivity contribution in [2.75, 3.05) is 36.9 Å². The van der Waals surface area contributed by atoms with Gasteiger partial charge in [-0.2, -0.15) is 0 Å². The van der Waals surface area contributed by atoms with E-state index in [1.54, 1.807) is 6.20 Å². The molecule has 1 aromatic heterocycles. The molecule has 1 aliphatic rings. The molecule has 5 heteroatoms. The number of hydrazine groups is 1. The zero-order valence-corrected chi connectivity index (χ0v) is 10.3. The second-order valence-corrected chi connectivity index (χ2v) is 4.50. The van der Waals surface area contributed by atoms with Crippen LogP contribution in [-0.4, -0.2) is 36.1 Å². The summed E-state index contributed by atoms with van der Waals surface area (Å²) in [7, 11) is 0. The number of nitrogens with one attached hydrogen (secondary N) is 2. The Hall–Kier alpha value is -1.33. The molecule has 0 bridgehead atoms. The van der Waals surface area contributed by atoms with Gasteiger partial charge in [-0.25, -0.2) is 10.8 Å². The van der Waals surface area contributed by atoms with Crippen LogP contribution in [0.5, 0.6) is 0 Å². The Morgan fingerprint density at radius 1 is 1.59 bits per heavy atom. The van der Waals surface area contributed by atoms with E-state index in [2.05, 4.69) is 27.6 Å². The number of rotatable bonds is 5. The quantitative estimate of drug-likeness (QED) is 0.527. The highest BCUT2D eigenvalue weighted by molar-refractivity contribution is 5.51. The largest absolute Gasteiger partial charge is 0.385 e. The molecule has 4 N–H and O–H groups in total. The average molecular weight is 235 g/mol. The van der Waals surface area contributed by atoms with Crippen LogP contribution in [0, 0.1) is 5.92 Å². The molecule has 5 nitrogen and oxygen atoms in total. The molecule has 0 aliphatic carbocycles. The summed E-state index contributed by atoms with van der Waals surface area (Å²) >= 11 is 0. The summed E-state index contributed by atoms with van der Waals surface area (Å²) < 4.78 is 0. The van der Waals surface area contributed by atoms with Crippen LogP contribution in [0.1, 0.15) is 13.3 Å². The minimum atomic E-state index is 0.691. The summed E-state index contributed by atoms with van der Waals surface area (Å²) in [6.07, 6.45) is 3.04. The molecule has 94 valence electrons. The summed E-state index contributed by atoms with van der Waals surface area (Å²) in [6.45, 7) is 6.83. The van der Waals surface area contributed by atoms with Crippen molar-refractivity contribution in [3.05, 3.63) is 18.3 Å². The first-order valence-electron chi connectivity index (χ1n) is 6.20. The lowest BCUT2D eigenvalue weighted by molar-refractivity contribution is 0.345. The van der Waals surface area contributed by atoms with Gasteiger partial charge in [0.1, 0.15) is 5.82 Å². The van der Waals surface area contributed by atoms with E-state index >= 15 is 0 Å². The van der Waals surface area contributed by atoms with Gasteiger partial charge < -0.3 is 15.6 Å². The Morgan fingerprint density at radius 3 is 3.18 bits per heavy atom. The van der Waals surface area contributed by atoms with Crippen molar-refractivity contribution < 1.29 is 0 Å². The van der Waals surface area contributed by atoms with Gasteiger partial charge in [-0.3, -0.25) is 0 Å². The second-order valence-electron chi connectivity index (χ2n) is 4.50. The van der Waals surface area contributed by atoms with Crippen molar-refractivity contribution in [2.45, 2.75) is 13.3 Å². The van der Waals surface area contributed by atoms with E-state index < -0.39 is 0 Å². The van der Waals surface area contributed by atoms with E-state index in [1.807, 2.05) is 12.1 Å². The maximum absolute atomic E-state index is 5.33. The summed E-state index contributed by atoms with van der Waals surface area (Å²) in [5, 5.41) is 3.44. The van der Waals surface area contributed by atoms with Gasteiger partial charge >= 0.3 is 0 Å². The lowest BCUT2D eigenvalue weighted by atomic mass is 10.1. The third-order valence-electron chi connectivity index (χ3n) is 3.32. The summed E-state index contributed by atoms with van der Waals surface area (Å²) in [5.74, 6) is 6.77. The third-order valence-corrected chi connectivity index (χ3v) is 3.32. The highest BCUT2D eigenvalue weighted by atomic mass is 15.2. The SMILES string of the molecule is CCN1CCC(CNc2ccnc(NN)c2)C1. The smallest absolute Gasteiger partial charge is 0.141 e. The number of nitrogen functional groups attached to an aromatic ring is 1. The van der Waals surface area contributed by atoms with Crippen molar-refractivity contribution in [2.24, 2.45) is 11.8 Å². The first-order chi connectivity index (χ1) is 8.31. The van der Waals surface area contributed by atoms with Gasteiger partial charge in [-0.1, -0.05) is 6.92 Å². The Morgan fingerprint density at radius 2 is 2.47 bits per heavy atom. The fourth-order valence-electron chi connectivity index (χ4n) is 2.25. The third kappa shape index (κ3) is 3.31. The fraction of sp³-hybridized carbons (Fsp3) is 0.583. The normalized spacial score (nSPS) is 20.5. The van der Waals surface area contributed by atoms with Crippen LogP contribution in [0.15, 0.2) is 18.3 Å². The number of likely N-dealkylation sites (tertiary alicyclic amines) is 1. The number of hydrogen-bond acceptors (Lipinski definition) is 5. The molecule has 0 aromatic carbocycles. The van der Waals surface area contributed by atoms with Gasteiger partial charge in [0, 0.05) is 31.0 Å². The number of pyridine rings is 1. The Bertz CT molecular complexity index is 355. The molecular formula is C12H21N5. The second kappa shape index (κ2) is 5.84. The van der Waals surface area contributed by atoms with Crippen LogP contribution in [0.25, 0.3) is 0 Å². The molecule has 0 radical (unpaired) electrons. The van der Waals surface area contributed by atoms with Crippen LogP contribution in [-0.2, 0) is 0 Å². The molecule has 0 amide bonds. The zero-order chi connectivity index (χ0) is 12.1. The maximum Gasteiger partial charge on any atom is 0.141 e. The first-order valence-corrected chi connectivity index (χ1v) is 6.20. The number of anilines is 2. The lowest BCUT2D eigenvalue weighted by Crippen LogP contribution is -2.22. The van der Waals surface area contributed by atoms with Gasteiger partial charge in [-0.15, -0.1) is 0 Å². The Balaban J connectivity index is 1.81. The molecule has 1 aliphatic heterocycles. The molecule has 0 spiro atoms. The lowest BCUT2D eigenvalue weighted by Gasteiger charge is -2.14. The Kier molecular flexibility index (Phi) is 4.17. The fourth-order valence-corrected chi connectivity index (χ4v) is 2.25. The van der Waals surface area contributed by atoms with Gasteiger partial charge in [-0.05, 0) is 31.5 Å². The van der Waals surface area contributed by atoms with Crippen LogP contribution in [0.3, 0.4) is 0 Å². The molecule has 2 heterocycles. The first kappa shape index (κ1) is 12.1. The number of nitrogens with zero attached hydrogens (tertiary/aromatic N) is 2. The van der Waals surface area contributed by atoms with E-state index in [0.717, 1.165) is 24.7 Å². The summed E-state index contributed by atoms with van der Waals surface area (Å²) in [5.41, 5.74) is 3.62. The van der Waals surface area contributed by atoms with Crippen LogP contribution < -0.4 is 16.6 Å². The molecule has 1 saturated heterocycles. The molecule has 0 saturated carbocycles. The van der Waals surface area contributed by atoms with Crippen LogP contribution in [0.4, 0.5) is 11.5 Å². The van der Waals surface area contributed by atoms with Crippen molar-refractivity contribution in [3.63, 3.8) is 0 Å². The standard InChI is InChI=1S/C12H21N5/c1-2-17-6-4-10(9-17)8-15-11-3-5-14-12(7-11)16-13/h3,5,7,10H,2,4,6,8-9,13H2,1H3,(H2,14,15,16). The van der Waals surface area contributed by atoms with Crippen LogP contribution >= 0.6 is 0 Å². The predicted octanol–water partition coefficient (Wildman–Crippen LogP) is 1.12.